The number of hydrogen-bond donors (Lipinski definition) is 0. The number of carbonyl (C=O) groups excluding carboxylic acids is 1. The van der Waals surface area contributed by atoms with Gasteiger partial charge in [-0.1, -0.05) is 60.4 Å². The molecule has 0 aromatic heterocycles. The normalized spacial score (nSPS) is 15.3. The van der Waals surface area contributed by atoms with Crippen LogP contribution in [0.2, 0.25) is 0 Å². The first-order chi connectivity index (χ1) is 13.2. The summed E-state index contributed by atoms with van der Waals surface area (Å²) in [6, 6.07) is 17.2. The fourth-order valence-electron chi connectivity index (χ4n) is 2.43. The van der Waals surface area contributed by atoms with Gasteiger partial charge in [-0.15, -0.1) is 6.58 Å². The molecular formula is C21H19NO3S2. The lowest BCUT2D eigenvalue weighted by atomic mass is 10.2. The number of thiocarbonyl (C=S) groups is 1. The quantitative estimate of drug-likeness (QED) is 0.283. The Hall–Kier alpha value is -2.57. The zero-order valence-electron chi connectivity index (χ0n) is 14.7. The summed E-state index contributed by atoms with van der Waals surface area (Å²) in [5.74, 6) is 1.50. The predicted octanol–water partition coefficient (Wildman–Crippen LogP) is 4.53. The first-order valence-electron chi connectivity index (χ1n) is 8.44. The third-order valence-electron chi connectivity index (χ3n) is 3.73. The summed E-state index contributed by atoms with van der Waals surface area (Å²) in [6.07, 6.45) is 3.51. The van der Waals surface area contributed by atoms with E-state index in [1.165, 1.54) is 11.8 Å². The van der Waals surface area contributed by atoms with Gasteiger partial charge in [-0.2, -0.15) is 0 Å². The molecular weight excluding hydrogens is 378 g/mol. The highest BCUT2D eigenvalue weighted by atomic mass is 32.2. The van der Waals surface area contributed by atoms with Crippen molar-refractivity contribution in [1.82, 2.24) is 4.90 Å². The van der Waals surface area contributed by atoms with Crippen LogP contribution in [0.1, 0.15) is 5.56 Å². The van der Waals surface area contributed by atoms with E-state index in [1.807, 2.05) is 60.7 Å². The summed E-state index contributed by atoms with van der Waals surface area (Å²) in [5, 5.41) is 0. The van der Waals surface area contributed by atoms with Crippen LogP contribution in [0.5, 0.6) is 11.5 Å². The SMILES string of the molecule is C=CCN1C(=O)/C(=C/c2ccc(OCCOc3ccccc3)cc2)SC1=S. The topological polar surface area (TPSA) is 38.8 Å². The molecule has 3 rings (SSSR count). The van der Waals surface area contributed by atoms with Crippen molar-refractivity contribution < 1.29 is 14.3 Å². The molecule has 0 radical (unpaired) electrons. The molecule has 1 saturated heterocycles. The molecule has 1 amide bonds. The van der Waals surface area contributed by atoms with Gasteiger partial charge in [0, 0.05) is 6.54 Å². The molecule has 0 unspecified atom stereocenters. The molecule has 2 aromatic carbocycles. The number of amides is 1. The van der Waals surface area contributed by atoms with Crippen molar-refractivity contribution in [2.45, 2.75) is 0 Å². The van der Waals surface area contributed by atoms with Crippen LogP contribution in [-0.2, 0) is 4.79 Å². The van der Waals surface area contributed by atoms with E-state index < -0.39 is 0 Å². The fourth-order valence-corrected chi connectivity index (χ4v) is 3.71. The predicted molar refractivity (Wildman–Crippen MR) is 114 cm³/mol. The first kappa shape index (κ1) is 19.2. The minimum atomic E-state index is -0.0803. The molecule has 138 valence electrons. The van der Waals surface area contributed by atoms with Crippen molar-refractivity contribution in [1.29, 1.82) is 0 Å². The lowest BCUT2D eigenvalue weighted by Crippen LogP contribution is -2.27. The van der Waals surface area contributed by atoms with E-state index in [4.69, 9.17) is 21.7 Å². The molecule has 0 atom stereocenters. The van der Waals surface area contributed by atoms with Gasteiger partial charge in [0.1, 0.15) is 29.0 Å². The zero-order valence-corrected chi connectivity index (χ0v) is 16.3. The lowest BCUT2D eigenvalue weighted by Gasteiger charge is -2.10. The number of carbonyl (C=O) groups is 1. The van der Waals surface area contributed by atoms with Crippen molar-refractivity contribution in [3.05, 3.63) is 77.7 Å². The molecule has 0 N–H and O–H groups in total. The third kappa shape index (κ3) is 5.21. The van der Waals surface area contributed by atoms with Gasteiger partial charge in [-0.05, 0) is 35.9 Å². The Morgan fingerprint density at radius 2 is 1.63 bits per heavy atom. The van der Waals surface area contributed by atoms with Crippen LogP contribution in [0, 0.1) is 0 Å². The molecule has 1 aliphatic rings. The second-order valence-electron chi connectivity index (χ2n) is 5.66. The van der Waals surface area contributed by atoms with Crippen molar-refractivity contribution >= 4 is 40.3 Å². The van der Waals surface area contributed by atoms with Crippen molar-refractivity contribution in [3.8, 4) is 11.5 Å². The number of nitrogens with zero attached hydrogens (tertiary/aromatic N) is 1. The first-order valence-corrected chi connectivity index (χ1v) is 9.67. The van der Waals surface area contributed by atoms with Crippen LogP contribution in [0.3, 0.4) is 0 Å². The van der Waals surface area contributed by atoms with Gasteiger partial charge in [0.05, 0.1) is 4.91 Å². The smallest absolute Gasteiger partial charge is 0.266 e. The van der Waals surface area contributed by atoms with Gasteiger partial charge in [-0.3, -0.25) is 9.69 Å². The second-order valence-corrected chi connectivity index (χ2v) is 7.34. The Balaban J connectivity index is 1.52. The summed E-state index contributed by atoms with van der Waals surface area (Å²) in [7, 11) is 0. The fraction of sp³-hybridized carbons (Fsp3) is 0.143. The number of rotatable bonds is 8. The molecule has 0 bridgehead atoms. The average Bonchev–Trinajstić information content (AvgIpc) is 2.95. The Bertz CT molecular complexity index is 847. The van der Waals surface area contributed by atoms with E-state index in [1.54, 1.807) is 11.0 Å². The molecule has 0 saturated carbocycles. The highest BCUT2D eigenvalue weighted by Gasteiger charge is 2.30. The number of hydrogen-bond acceptors (Lipinski definition) is 5. The molecule has 1 fully saturated rings. The Morgan fingerprint density at radius 3 is 2.26 bits per heavy atom. The third-order valence-corrected chi connectivity index (χ3v) is 5.10. The average molecular weight is 398 g/mol. The van der Waals surface area contributed by atoms with Crippen LogP contribution in [-0.4, -0.2) is 34.9 Å². The zero-order chi connectivity index (χ0) is 19.1. The number of thioether (sulfide) groups is 1. The lowest BCUT2D eigenvalue weighted by molar-refractivity contribution is -0.121. The van der Waals surface area contributed by atoms with Gasteiger partial charge in [0.2, 0.25) is 0 Å². The van der Waals surface area contributed by atoms with Gasteiger partial charge in [0.25, 0.3) is 5.91 Å². The molecule has 4 nitrogen and oxygen atoms in total. The number of benzene rings is 2. The molecule has 0 spiro atoms. The summed E-state index contributed by atoms with van der Waals surface area (Å²) >= 11 is 6.55. The molecule has 27 heavy (non-hydrogen) atoms. The Kier molecular flexibility index (Phi) is 6.68. The molecule has 6 heteroatoms. The molecule has 0 aliphatic carbocycles. The highest BCUT2D eigenvalue weighted by molar-refractivity contribution is 8.26. The van der Waals surface area contributed by atoms with Crippen LogP contribution >= 0.6 is 24.0 Å². The summed E-state index contributed by atoms with van der Waals surface area (Å²) in [6.45, 7) is 5.01. The maximum atomic E-state index is 12.3. The number of ether oxygens (including phenoxy) is 2. The van der Waals surface area contributed by atoms with Crippen molar-refractivity contribution in [2.24, 2.45) is 0 Å². The Labute approximate surface area is 168 Å². The maximum Gasteiger partial charge on any atom is 0.266 e. The van der Waals surface area contributed by atoms with E-state index in [9.17, 15) is 4.79 Å². The van der Waals surface area contributed by atoms with Crippen LogP contribution in [0.4, 0.5) is 0 Å². The van der Waals surface area contributed by atoms with Crippen molar-refractivity contribution in [2.75, 3.05) is 19.8 Å². The minimum Gasteiger partial charge on any atom is -0.490 e. The van der Waals surface area contributed by atoms with E-state index in [0.717, 1.165) is 17.1 Å². The van der Waals surface area contributed by atoms with E-state index in [-0.39, 0.29) is 5.91 Å². The van der Waals surface area contributed by atoms with E-state index >= 15 is 0 Å². The van der Waals surface area contributed by atoms with Crippen LogP contribution in [0.15, 0.2) is 72.2 Å². The van der Waals surface area contributed by atoms with Gasteiger partial charge >= 0.3 is 0 Å². The van der Waals surface area contributed by atoms with Gasteiger partial charge in [-0.25, -0.2) is 0 Å². The second kappa shape index (κ2) is 9.39. The summed E-state index contributed by atoms with van der Waals surface area (Å²) in [4.78, 5) is 14.5. The number of para-hydroxylation sites is 1. The molecule has 1 heterocycles. The van der Waals surface area contributed by atoms with E-state index in [2.05, 4.69) is 6.58 Å². The summed E-state index contributed by atoms with van der Waals surface area (Å²) < 4.78 is 11.8. The van der Waals surface area contributed by atoms with Crippen LogP contribution in [0.25, 0.3) is 6.08 Å². The molecule has 1 aliphatic heterocycles. The Morgan fingerprint density at radius 1 is 1.00 bits per heavy atom. The minimum absolute atomic E-state index is 0.0803. The van der Waals surface area contributed by atoms with Crippen LogP contribution < -0.4 is 9.47 Å². The monoisotopic (exact) mass is 397 g/mol. The highest BCUT2D eigenvalue weighted by Crippen LogP contribution is 2.32. The standard InChI is InChI=1S/C21H19NO3S2/c1-2-12-22-20(23)19(27-21(22)26)15-16-8-10-18(11-9-16)25-14-13-24-17-6-4-3-5-7-17/h2-11,15H,1,12-14H2/b19-15-. The van der Waals surface area contributed by atoms with Gasteiger partial charge in [0.15, 0.2) is 0 Å². The summed E-state index contributed by atoms with van der Waals surface area (Å²) in [5.41, 5.74) is 0.919. The maximum absolute atomic E-state index is 12.3. The van der Waals surface area contributed by atoms with E-state index in [0.29, 0.717) is 29.0 Å². The van der Waals surface area contributed by atoms with Crippen molar-refractivity contribution in [3.63, 3.8) is 0 Å². The molecule has 2 aromatic rings. The van der Waals surface area contributed by atoms with Gasteiger partial charge < -0.3 is 9.47 Å². The largest absolute Gasteiger partial charge is 0.490 e.